The number of anilines is 1. The highest BCUT2D eigenvalue weighted by molar-refractivity contribution is 5.56. The summed E-state index contributed by atoms with van der Waals surface area (Å²) >= 11 is 0. The number of ether oxygens (including phenoxy) is 1. The van der Waals surface area contributed by atoms with E-state index in [9.17, 15) is 5.11 Å². The number of aliphatic hydroxyl groups is 1. The normalized spacial score (nSPS) is 20.1. The molecule has 19 heavy (non-hydrogen) atoms. The van der Waals surface area contributed by atoms with E-state index in [1.54, 1.807) is 0 Å². The van der Waals surface area contributed by atoms with Gasteiger partial charge in [-0.2, -0.15) is 0 Å². The van der Waals surface area contributed by atoms with Gasteiger partial charge in [0, 0.05) is 25.8 Å². The number of fused-ring (bicyclic) bond motifs is 1. The molecule has 0 bridgehead atoms. The van der Waals surface area contributed by atoms with E-state index in [1.807, 2.05) is 28.8 Å². The summed E-state index contributed by atoms with van der Waals surface area (Å²) in [6.45, 7) is 2.48. The number of pyridine rings is 1. The molecule has 0 aromatic carbocycles. The van der Waals surface area contributed by atoms with Gasteiger partial charge in [0.05, 0.1) is 25.0 Å². The first kappa shape index (κ1) is 12.4. The molecular weight excluding hydrogens is 244 g/mol. The molecule has 3 rings (SSSR count). The smallest absolute Gasteiger partial charge is 0.152 e. The molecule has 1 unspecified atom stereocenters. The highest BCUT2D eigenvalue weighted by Crippen LogP contribution is 2.23. The number of nitrogens with zero attached hydrogens (tertiary/aromatic N) is 3. The van der Waals surface area contributed by atoms with Crippen LogP contribution in [0, 0.1) is 0 Å². The third-order valence-electron chi connectivity index (χ3n) is 3.44. The van der Waals surface area contributed by atoms with Crippen LogP contribution in [0.5, 0.6) is 0 Å². The van der Waals surface area contributed by atoms with Crippen LogP contribution in [0.1, 0.15) is 5.69 Å². The summed E-state index contributed by atoms with van der Waals surface area (Å²) < 4.78 is 7.48. The zero-order chi connectivity index (χ0) is 13.2. The Labute approximate surface area is 111 Å². The van der Waals surface area contributed by atoms with E-state index in [2.05, 4.69) is 9.88 Å². The van der Waals surface area contributed by atoms with Crippen LogP contribution in [-0.2, 0) is 11.3 Å². The zero-order valence-corrected chi connectivity index (χ0v) is 10.7. The molecule has 0 amide bonds. The van der Waals surface area contributed by atoms with E-state index < -0.39 is 0 Å². The Morgan fingerprint density at radius 1 is 1.47 bits per heavy atom. The maximum Gasteiger partial charge on any atom is 0.152 e. The summed E-state index contributed by atoms with van der Waals surface area (Å²) in [6.07, 6.45) is 1.82. The molecule has 102 valence electrons. The van der Waals surface area contributed by atoms with Gasteiger partial charge in [-0.15, -0.1) is 0 Å². The fraction of sp³-hybridized carbons (Fsp3) is 0.462. The summed E-state index contributed by atoms with van der Waals surface area (Å²) in [7, 11) is 0. The van der Waals surface area contributed by atoms with Crippen molar-refractivity contribution in [1.82, 2.24) is 9.38 Å². The molecule has 2 aromatic rings. The predicted molar refractivity (Wildman–Crippen MR) is 72.1 cm³/mol. The number of morpholine rings is 1. The fourth-order valence-corrected chi connectivity index (χ4v) is 2.50. The van der Waals surface area contributed by atoms with E-state index >= 15 is 0 Å². The predicted octanol–water partition coefficient (Wildman–Crippen LogP) is -0.00950. The van der Waals surface area contributed by atoms with Crippen molar-refractivity contribution in [2.75, 3.05) is 31.2 Å². The summed E-state index contributed by atoms with van der Waals surface area (Å²) in [6, 6.07) is 5.89. The van der Waals surface area contributed by atoms with Crippen LogP contribution in [0.2, 0.25) is 0 Å². The first-order chi connectivity index (χ1) is 9.33. The minimum Gasteiger partial charge on any atom is -0.394 e. The molecule has 0 spiro atoms. The average molecular weight is 262 g/mol. The van der Waals surface area contributed by atoms with Crippen molar-refractivity contribution >= 4 is 11.5 Å². The third-order valence-corrected chi connectivity index (χ3v) is 3.44. The zero-order valence-electron chi connectivity index (χ0n) is 10.7. The molecule has 2 aromatic heterocycles. The van der Waals surface area contributed by atoms with Gasteiger partial charge in [0.15, 0.2) is 5.82 Å². The van der Waals surface area contributed by atoms with Crippen molar-refractivity contribution in [2.24, 2.45) is 5.73 Å². The molecule has 3 N–H and O–H groups in total. The Hall–Kier alpha value is -1.63. The van der Waals surface area contributed by atoms with Gasteiger partial charge in [0.1, 0.15) is 5.65 Å². The molecule has 6 nitrogen and oxygen atoms in total. The van der Waals surface area contributed by atoms with Crippen LogP contribution < -0.4 is 10.6 Å². The third kappa shape index (κ3) is 2.18. The molecule has 1 aliphatic heterocycles. The summed E-state index contributed by atoms with van der Waals surface area (Å²) in [5, 5.41) is 9.22. The van der Waals surface area contributed by atoms with Crippen LogP contribution in [-0.4, -0.2) is 46.9 Å². The fourth-order valence-electron chi connectivity index (χ4n) is 2.50. The lowest BCUT2D eigenvalue weighted by Gasteiger charge is -2.32. The highest BCUT2D eigenvalue weighted by atomic mass is 16.5. The van der Waals surface area contributed by atoms with Gasteiger partial charge < -0.3 is 24.9 Å². The second kappa shape index (κ2) is 5.16. The van der Waals surface area contributed by atoms with E-state index in [0.29, 0.717) is 19.7 Å². The molecule has 0 aliphatic carbocycles. The van der Waals surface area contributed by atoms with E-state index in [-0.39, 0.29) is 12.7 Å². The molecule has 1 fully saturated rings. The molecule has 1 atom stereocenters. The largest absolute Gasteiger partial charge is 0.394 e. The van der Waals surface area contributed by atoms with Crippen LogP contribution in [0.4, 0.5) is 5.82 Å². The summed E-state index contributed by atoms with van der Waals surface area (Å²) in [4.78, 5) is 6.79. The first-order valence-electron chi connectivity index (χ1n) is 6.47. The molecule has 0 saturated carbocycles. The second-order valence-electron chi connectivity index (χ2n) is 4.64. The number of hydrogen-bond donors (Lipinski definition) is 2. The van der Waals surface area contributed by atoms with Gasteiger partial charge >= 0.3 is 0 Å². The molecular formula is C13H18N4O2. The van der Waals surface area contributed by atoms with Gasteiger partial charge in [-0.3, -0.25) is 0 Å². The standard InChI is InChI=1S/C13H18N4O2/c14-7-11-13(15-12-3-1-2-4-17(11)12)16-5-6-19-10(8-16)9-18/h1-4,10,18H,5-9,14H2. The molecule has 3 heterocycles. The van der Waals surface area contributed by atoms with Crippen molar-refractivity contribution in [3.05, 3.63) is 30.1 Å². The Morgan fingerprint density at radius 2 is 2.37 bits per heavy atom. The number of hydrogen-bond acceptors (Lipinski definition) is 5. The SMILES string of the molecule is NCc1c(N2CCOC(CO)C2)nc2ccccn12. The lowest BCUT2D eigenvalue weighted by Crippen LogP contribution is -2.44. The van der Waals surface area contributed by atoms with Crippen LogP contribution >= 0.6 is 0 Å². The molecule has 1 aliphatic rings. The van der Waals surface area contributed by atoms with E-state index in [4.69, 9.17) is 10.5 Å². The highest BCUT2D eigenvalue weighted by Gasteiger charge is 2.24. The Balaban J connectivity index is 1.99. The topological polar surface area (TPSA) is 76.0 Å². The minimum atomic E-state index is -0.149. The van der Waals surface area contributed by atoms with Crippen LogP contribution in [0.15, 0.2) is 24.4 Å². The number of aliphatic hydroxyl groups excluding tert-OH is 1. The van der Waals surface area contributed by atoms with Gasteiger partial charge in [-0.1, -0.05) is 6.07 Å². The van der Waals surface area contributed by atoms with Crippen molar-refractivity contribution in [2.45, 2.75) is 12.6 Å². The first-order valence-corrected chi connectivity index (χ1v) is 6.47. The van der Waals surface area contributed by atoms with Crippen LogP contribution in [0.25, 0.3) is 5.65 Å². The molecule has 0 radical (unpaired) electrons. The Bertz CT molecular complexity index is 569. The Morgan fingerprint density at radius 3 is 3.16 bits per heavy atom. The summed E-state index contributed by atoms with van der Waals surface area (Å²) in [5.41, 5.74) is 7.75. The molecule has 1 saturated heterocycles. The average Bonchev–Trinajstić information content (AvgIpc) is 2.86. The van der Waals surface area contributed by atoms with Gasteiger partial charge in [0.2, 0.25) is 0 Å². The number of nitrogens with two attached hydrogens (primary N) is 1. The Kier molecular flexibility index (Phi) is 3.37. The second-order valence-corrected chi connectivity index (χ2v) is 4.64. The summed E-state index contributed by atoms with van der Waals surface area (Å²) in [5.74, 6) is 0.899. The van der Waals surface area contributed by atoms with E-state index in [1.165, 1.54) is 0 Å². The lowest BCUT2D eigenvalue weighted by atomic mass is 10.2. The lowest BCUT2D eigenvalue weighted by molar-refractivity contribution is 0.00334. The number of aromatic nitrogens is 2. The maximum atomic E-state index is 9.22. The quantitative estimate of drug-likeness (QED) is 0.813. The van der Waals surface area contributed by atoms with Crippen molar-refractivity contribution in [3.63, 3.8) is 0 Å². The molecule has 6 heteroatoms. The van der Waals surface area contributed by atoms with Crippen molar-refractivity contribution in [1.29, 1.82) is 0 Å². The van der Waals surface area contributed by atoms with Gasteiger partial charge in [-0.05, 0) is 12.1 Å². The number of rotatable bonds is 3. The van der Waals surface area contributed by atoms with Crippen molar-refractivity contribution < 1.29 is 9.84 Å². The van der Waals surface area contributed by atoms with Crippen LogP contribution in [0.3, 0.4) is 0 Å². The van der Waals surface area contributed by atoms with Gasteiger partial charge in [-0.25, -0.2) is 4.98 Å². The number of imidazole rings is 1. The minimum absolute atomic E-state index is 0.0296. The van der Waals surface area contributed by atoms with E-state index in [0.717, 1.165) is 23.7 Å². The van der Waals surface area contributed by atoms with Crippen molar-refractivity contribution in [3.8, 4) is 0 Å². The maximum absolute atomic E-state index is 9.22. The van der Waals surface area contributed by atoms with Gasteiger partial charge in [0.25, 0.3) is 0 Å². The monoisotopic (exact) mass is 262 g/mol.